The van der Waals surface area contributed by atoms with Crippen molar-refractivity contribution in [1.29, 1.82) is 0 Å². The van der Waals surface area contributed by atoms with Gasteiger partial charge >= 0.3 is 6.16 Å². The molecule has 180 valence electrons. The second-order valence-electron chi connectivity index (χ2n) is 8.30. The number of anilines is 2. The van der Waals surface area contributed by atoms with Crippen molar-refractivity contribution < 1.29 is 23.7 Å². The second-order valence-corrected chi connectivity index (χ2v) is 9.53. The Morgan fingerprint density at radius 3 is 2.85 bits per heavy atom. The number of rotatable bonds is 7. The summed E-state index contributed by atoms with van der Waals surface area (Å²) < 4.78 is 21.2. The van der Waals surface area contributed by atoms with Crippen LogP contribution in [0.2, 0.25) is 0 Å². The van der Waals surface area contributed by atoms with Gasteiger partial charge in [-0.3, -0.25) is 0 Å². The maximum Gasteiger partial charge on any atom is 0.508 e. The third-order valence-electron chi connectivity index (χ3n) is 5.90. The molecule has 34 heavy (non-hydrogen) atoms. The van der Waals surface area contributed by atoms with Crippen LogP contribution in [0.3, 0.4) is 0 Å². The lowest BCUT2D eigenvalue weighted by Crippen LogP contribution is -2.39. The lowest BCUT2D eigenvalue weighted by Gasteiger charge is -2.31. The summed E-state index contributed by atoms with van der Waals surface area (Å²) in [6.45, 7) is 6.62. The van der Waals surface area contributed by atoms with Crippen molar-refractivity contribution in [1.82, 2.24) is 9.97 Å². The van der Waals surface area contributed by atoms with E-state index < -0.39 is 6.16 Å². The summed E-state index contributed by atoms with van der Waals surface area (Å²) >= 11 is 1.67. The predicted molar refractivity (Wildman–Crippen MR) is 130 cm³/mol. The summed E-state index contributed by atoms with van der Waals surface area (Å²) in [5.74, 6) is 3.14. The fraction of sp³-hybridized carbons (Fsp3) is 0.458. The Morgan fingerprint density at radius 1 is 1.21 bits per heavy atom. The van der Waals surface area contributed by atoms with Gasteiger partial charge < -0.3 is 29.2 Å². The molecule has 4 heterocycles. The largest absolute Gasteiger partial charge is 0.508 e. The van der Waals surface area contributed by atoms with Gasteiger partial charge in [-0.15, -0.1) is 11.3 Å². The van der Waals surface area contributed by atoms with Crippen LogP contribution >= 0.6 is 11.3 Å². The molecule has 5 rings (SSSR count). The van der Waals surface area contributed by atoms with Crippen LogP contribution in [-0.4, -0.2) is 55.3 Å². The van der Waals surface area contributed by atoms with E-state index in [0.717, 1.165) is 66.4 Å². The molecule has 0 bridgehead atoms. The van der Waals surface area contributed by atoms with Crippen molar-refractivity contribution >= 4 is 39.5 Å². The minimum atomic E-state index is -0.596. The molecule has 2 aliphatic heterocycles. The highest BCUT2D eigenvalue weighted by molar-refractivity contribution is 7.18. The zero-order valence-electron chi connectivity index (χ0n) is 19.3. The number of ether oxygens (including phenoxy) is 4. The molecule has 9 nitrogen and oxygen atoms in total. The molecule has 0 amide bonds. The van der Waals surface area contributed by atoms with Gasteiger partial charge in [0.05, 0.1) is 12.0 Å². The molecule has 0 atom stereocenters. The van der Waals surface area contributed by atoms with E-state index in [1.807, 2.05) is 12.1 Å². The molecule has 1 aromatic carbocycles. The highest BCUT2D eigenvalue weighted by Crippen LogP contribution is 2.33. The maximum absolute atomic E-state index is 11.6. The molecule has 0 radical (unpaired) electrons. The quantitative estimate of drug-likeness (QED) is 0.486. The number of carbonyl (C=O) groups excluding carboxylic acids is 1. The molecule has 10 heteroatoms. The molecular formula is C24H28N4O5S. The minimum Gasteiger partial charge on any atom is -0.454 e. The van der Waals surface area contributed by atoms with E-state index >= 15 is 0 Å². The van der Waals surface area contributed by atoms with Gasteiger partial charge in [0.1, 0.15) is 16.8 Å². The smallest absolute Gasteiger partial charge is 0.454 e. The van der Waals surface area contributed by atoms with Crippen molar-refractivity contribution in [3.05, 3.63) is 34.7 Å². The number of hydrogen-bond acceptors (Lipinski definition) is 10. The van der Waals surface area contributed by atoms with Crippen LogP contribution in [-0.2, 0) is 15.9 Å². The van der Waals surface area contributed by atoms with Crippen molar-refractivity contribution in [3.63, 3.8) is 0 Å². The number of nitrogens with one attached hydrogen (secondary N) is 1. The first-order valence-electron chi connectivity index (χ1n) is 11.6. The molecule has 1 fully saturated rings. The van der Waals surface area contributed by atoms with Crippen molar-refractivity contribution in [2.75, 3.05) is 43.3 Å². The lowest BCUT2D eigenvalue weighted by molar-refractivity contribution is 0.0183. The van der Waals surface area contributed by atoms with Crippen LogP contribution in [0.15, 0.2) is 24.3 Å². The highest BCUT2D eigenvalue weighted by atomic mass is 32.1. The Bertz CT molecular complexity index is 1180. The number of benzene rings is 1. The number of hydrogen-bond donors (Lipinski definition) is 1. The fourth-order valence-electron chi connectivity index (χ4n) is 4.19. The summed E-state index contributed by atoms with van der Waals surface area (Å²) in [7, 11) is 0. The van der Waals surface area contributed by atoms with E-state index in [1.54, 1.807) is 18.3 Å². The van der Waals surface area contributed by atoms with Crippen LogP contribution in [0.1, 0.15) is 30.2 Å². The maximum atomic E-state index is 11.6. The van der Waals surface area contributed by atoms with Gasteiger partial charge in [-0.25, -0.2) is 9.78 Å². The Balaban J connectivity index is 1.26. The molecule has 1 N–H and O–H groups in total. The predicted octanol–water partition coefficient (Wildman–Crippen LogP) is 4.52. The molecule has 1 saturated heterocycles. The third kappa shape index (κ3) is 4.96. The molecule has 0 aliphatic carbocycles. The number of aromatic nitrogens is 2. The van der Waals surface area contributed by atoms with Gasteiger partial charge in [0, 0.05) is 37.4 Å². The number of fused-ring (bicyclic) bond motifs is 2. The van der Waals surface area contributed by atoms with E-state index in [2.05, 4.69) is 29.3 Å². The van der Waals surface area contributed by atoms with Crippen LogP contribution in [0.4, 0.5) is 16.6 Å². The van der Waals surface area contributed by atoms with E-state index in [9.17, 15) is 4.79 Å². The summed E-state index contributed by atoms with van der Waals surface area (Å²) in [5.41, 5.74) is 1.17. The van der Waals surface area contributed by atoms with Gasteiger partial charge in [-0.1, -0.05) is 6.07 Å². The monoisotopic (exact) mass is 484 g/mol. The molecule has 0 saturated carbocycles. The second kappa shape index (κ2) is 9.92. The summed E-state index contributed by atoms with van der Waals surface area (Å²) in [6.07, 6.45) is 1.54. The molecule has 3 aromatic rings. The van der Waals surface area contributed by atoms with Gasteiger partial charge in [0.15, 0.2) is 11.5 Å². The van der Waals surface area contributed by atoms with Gasteiger partial charge in [0.2, 0.25) is 12.7 Å². The summed E-state index contributed by atoms with van der Waals surface area (Å²) in [6, 6.07) is 8.18. The van der Waals surface area contributed by atoms with E-state index in [-0.39, 0.29) is 12.9 Å². The first kappa shape index (κ1) is 22.5. The van der Waals surface area contributed by atoms with Gasteiger partial charge in [0.25, 0.3) is 0 Å². The van der Waals surface area contributed by atoms with Gasteiger partial charge in [-0.2, -0.15) is 4.98 Å². The molecular weight excluding hydrogens is 456 g/mol. The standard InChI is InChI=1S/C24H28N4O5S/c1-3-30-24(29)33-17-7-10-28(11-8-17)23-26-21(18-12-15(2)34-22(18)27-23)25-9-6-16-4-5-19-20(13-16)32-14-31-19/h4-5,12-13,17H,3,6-11,14H2,1-2H3,(H,25,26,27). The average Bonchev–Trinajstić information content (AvgIpc) is 3.45. The molecule has 0 spiro atoms. The van der Waals surface area contributed by atoms with Crippen LogP contribution in [0.25, 0.3) is 10.2 Å². The van der Waals surface area contributed by atoms with E-state index in [0.29, 0.717) is 12.6 Å². The van der Waals surface area contributed by atoms with Gasteiger partial charge in [-0.05, 0) is 44.0 Å². The lowest BCUT2D eigenvalue weighted by atomic mass is 10.1. The number of nitrogens with zero attached hydrogens (tertiary/aromatic N) is 3. The molecule has 2 aliphatic rings. The van der Waals surface area contributed by atoms with Crippen molar-refractivity contribution in [2.24, 2.45) is 0 Å². The molecule has 2 aromatic heterocycles. The van der Waals surface area contributed by atoms with E-state index in [1.165, 1.54) is 10.4 Å². The van der Waals surface area contributed by atoms with Crippen LogP contribution < -0.4 is 19.7 Å². The van der Waals surface area contributed by atoms with E-state index in [4.69, 9.17) is 28.9 Å². The number of piperidine rings is 1. The van der Waals surface area contributed by atoms with Crippen LogP contribution in [0, 0.1) is 6.92 Å². The highest BCUT2D eigenvalue weighted by Gasteiger charge is 2.25. The fourth-order valence-corrected chi connectivity index (χ4v) is 5.06. The minimum absolute atomic E-state index is 0.137. The Hall–Kier alpha value is -3.27. The SMILES string of the molecule is CCOC(=O)OC1CCN(c2nc(NCCc3ccc4c(c3)OCO4)c3cc(C)sc3n2)CC1. The normalized spacial score (nSPS) is 15.5. The van der Waals surface area contributed by atoms with Crippen molar-refractivity contribution in [2.45, 2.75) is 39.2 Å². The Labute approximate surface area is 202 Å². The number of carbonyl (C=O) groups is 1. The summed E-state index contributed by atoms with van der Waals surface area (Å²) in [5, 5.41) is 4.56. The third-order valence-corrected chi connectivity index (χ3v) is 6.84. The number of thiophene rings is 1. The first-order chi connectivity index (χ1) is 16.6. The van der Waals surface area contributed by atoms with Crippen molar-refractivity contribution in [3.8, 4) is 11.5 Å². The zero-order valence-corrected chi connectivity index (χ0v) is 20.2. The summed E-state index contributed by atoms with van der Waals surface area (Å²) in [4.78, 5) is 25.6. The Kier molecular flexibility index (Phi) is 6.57. The Morgan fingerprint density at radius 2 is 2.03 bits per heavy atom. The van der Waals surface area contributed by atoms with Crippen LogP contribution in [0.5, 0.6) is 11.5 Å². The molecule has 0 unspecified atom stereocenters. The first-order valence-corrected chi connectivity index (χ1v) is 12.4. The topological polar surface area (TPSA) is 95.0 Å². The average molecular weight is 485 g/mol. The number of aryl methyl sites for hydroxylation is 1. The zero-order chi connectivity index (χ0) is 23.5.